The van der Waals surface area contributed by atoms with E-state index in [1.807, 2.05) is 13.8 Å². The van der Waals surface area contributed by atoms with E-state index in [-0.39, 0.29) is 18.0 Å². The first-order valence-electron chi connectivity index (χ1n) is 10.0. The fraction of sp³-hybridized carbons (Fsp3) is 0.550. The van der Waals surface area contributed by atoms with E-state index in [9.17, 15) is 9.59 Å². The molecule has 1 aromatic carbocycles. The van der Waals surface area contributed by atoms with Crippen LogP contribution in [0.3, 0.4) is 0 Å². The lowest BCUT2D eigenvalue weighted by atomic mass is 10.1. The summed E-state index contributed by atoms with van der Waals surface area (Å²) in [5, 5.41) is 9.87. The summed E-state index contributed by atoms with van der Waals surface area (Å²) in [6.07, 6.45) is 1.40. The molecule has 160 valence electrons. The predicted octanol–water partition coefficient (Wildman–Crippen LogP) is 2.25. The van der Waals surface area contributed by atoms with Crippen LogP contribution in [0, 0.1) is 0 Å². The van der Waals surface area contributed by atoms with E-state index in [1.165, 1.54) is 0 Å². The molecule has 0 spiro atoms. The summed E-state index contributed by atoms with van der Waals surface area (Å²) in [5.74, 6) is 0.490. The van der Waals surface area contributed by atoms with Gasteiger partial charge in [0.2, 0.25) is 0 Å². The Kier molecular flexibility index (Phi) is 9.56. The van der Waals surface area contributed by atoms with E-state index >= 15 is 0 Å². The number of aliphatic imine (C=N–C) groups is 1. The number of piperidine rings is 1. The average molecular weight is 424 g/mol. The molecular formula is C20H30ClN5O3. The van der Waals surface area contributed by atoms with Gasteiger partial charge in [0.15, 0.2) is 5.96 Å². The average Bonchev–Trinajstić information content (AvgIpc) is 2.72. The van der Waals surface area contributed by atoms with Crippen LogP contribution in [-0.2, 0) is 4.74 Å². The van der Waals surface area contributed by atoms with Crippen molar-refractivity contribution < 1.29 is 14.3 Å². The van der Waals surface area contributed by atoms with E-state index in [2.05, 4.69) is 20.9 Å². The Hall–Kier alpha value is -2.48. The Bertz CT molecular complexity index is 705. The summed E-state index contributed by atoms with van der Waals surface area (Å²) in [6, 6.07) is 7.18. The summed E-state index contributed by atoms with van der Waals surface area (Å²) in [4.78, 5) is 30.2. The van der Waals surface area contributed by atoms with E-state index < -0.39 is 0 Å². The van der Waals surface area contributed by atoms with Crippen molar-refractivity contribution in [3.63, 3.8) is 0 Å². The van der Waals surface area contributed by atoms with Gasteiger partial charge in [-0.05, 0) is 38.8 Å². The Morgan fingerprint density at radius 3 is 2.59 bits per heavy atom. The maximum Gasteiger partial charge on any atom is 0.409 e. The fourth-order valence-corrected chi connectivity index (χ4v) is 3.23. The molecule has 1 aliphatic rings. The second kappa shape index (κ2) is 12.2. The molecule has 2 rings (SSSR count). The van der Waals surface area contributed by atoms with E-state index in [4.69, 9.17) is 16.3 Å². The van der Waals surface area contributed by atoms with Crippen LogP contribution in [-0.4, -0.2) is 68.2 Å². The van der Waals surface area contributed by atoms with Crippen LogP contribution in [0.15, 0.2) is 29.3 Å². The van der Waals surface area contributed by atoms with Gasteiger partial charge >= 0.3 is 6.09 Å². The van der Waals surface area contributed by atoms with Crippen LogP contribution >= 0.6 is 11.6 Å². The van der Waals surface area contributed by atoms with E-state index in [0.717, 1.165) is 19.4 Å². The number of benzene rings is 1. The maximum absolute atomic E-state index is 12.2. The number of ether oxygens (including phenoxy) is 1. The molecule has 0 bridgehead atoms. The summed E-state index contributed by atoms with van der Waals surface area (Å²) in [6.45, 7) is 7.09. The Morgan fingerprint density at radius 1 is 1.21 bits per heavy atom. The third-order valence-electron chi connectivity index (χ3n) is 4.49. The van der Waals surface area contributed by atoms with Crippen molar-refractivity contribution in [2.45, 2.75) is 32.7 Å². The van der Waals surface area contributed by atoms with Gasteiger partial charge in [0.1, 0.15) is 0 Å². The van der Waals surface area contributed by atoms with Crippen LogP contribution in [0.1, 0.15) is 37.0 Å². The lowest BCUT2D eigenvalue weighted by molar-refractivity contribution is 0.0949. The van der Waals surface area contributed by atoms with Crippen LogP contribution in [0.25, 0.3) is 0 Å². The number of amides is 2. The third kappa shape index (κ3) is 7.45. The minimum atomic E-state index is -0.249. The van der Waals surface area contributed by atoms with Gasteiger partial charge in [-0.1, -0.05) is 23.7 Å². The Balaban J connectivity index is 1.77. The summed E-state index contributed by atoms with van der Waals surface area (Å²) >= 11 is 6.04. The van der Waals surface area contributed by atoms with Crippen LogP contribution in [0.2, 0.25) is 5.02 Å². The standard InChI is InChI=1S/C20H30ClN5O3/c1-3-22-19(25-15-9-13-26(14-10-15)20(28)29-4-2)24-12-11-23-18(27)16-7-5-6-8-17(16)21/h5-8,15H,3-4,9-14H2,1-2H3,(H,23,27)(H2,22,24,25). The number of halogens is 1. The van der Waals surface area contributed by atoms with Crippen molar-refractivity contribution in [2.75, 3.05) is 39.3 Å². The molecule has 1 heterocycles. The van der Waals surface area contributed by atoms with Crippen molar-refractivity contribution in [1.29, 1.82) is 0 Å². The smallest absolute Gasteiger partial charge is 0.409 e. The number of hydrogen-bond donors (Lipinski definition) is 3. The third-order valence-corrected chi connectivity index (χ3v) is 4.82. The molecule has 2 amide bonds. The molecule has 0 atom stereocenters. The summed E-state index contributed by atoms with van der Waals surface area (Å²) < 4.78 is 5.05. The van der Waals surface area contributed by atoms with Crippen molar-refractivity contribution in [3.8, 4) is 0 Å². The number of likely N-dealkylation sites (tertiary alicyclic amines) is 1. The van der Waals surface area contributed by atoms with Crippen LogP contribution in [0.5, 0.6) is 0 Å². The fourth-order valence-electron chi connectivity index (χ4n) is 3.01. The SMILES string of the molecule is CCNC(=NCCNC(=O)c1ccccc1Cl)NC1CCN(C(=O)OCC)CC1. The first kappa shape index (κ1) is 22.8. The molecule has 8 nitrogen and oxygen atoms in total. The molecule has 1 fully saturated rings. The minimum absolute atomic E-state index is 0.213. The van der Waals surface area contributed by atoms with Crippen LogP contribution < -0.4 is 16.0 Å². The highest BCUT2D eigenvalue weighted by Gasteiger charge is 2.24. The molecule has 0 unspecified atom stereocenters. The largest absolute Gasteiger partial charge is 0.450 e. The number of nitrogens with one attached hydrogen (secondary N) is 3. The monoisotopic (exact) mass is 423 g/mol. The van der Waals surface area contributed by atoms with Gasteiger partial charge in [0, 0.05) is 32.2 Å². The second-order valence-electron chi connectivity index (χ2n) is 6.60. The van der Waals surface area contributed by atoms with Crippen molar-refractivity contribution in [1.82, 2.24) is 20.9 Å². The van der Waals surface area contributed by atoms with Crippen molar-refractivity contribution in [3.05, 3.63) is 34.9 Å². The molecule has 1 aliphatic heterocycles. The van der Waals surface area contributed by atoms with Crippen molar-refractivity contribution in [2.24, 2.45) is 4.99 Å². The van der Waals surface area contributed by atoms with Crippen LogP contribution in [0.4, 0.5) is 4.79 Å². The molecule has 29 heavy (non-hydrogen) atoms. The highest BCUT2D eigenvalue weighted by atomic mass is 35.5. The summed E-state index contributed by atoms with van der Waals surface area (Å²) in [7, 11) is 0. The minimum Gasteiger partial charge on any atom is -0.450 e. The Morgan fingerprint density at radius 2 is 1.93 bits per heavy atom. The number of hydrogen-bond acceptors (Lipinski definition) is 4. The quantitative estimate of drug-likeness (QED) is 0.355. The second-order valence-corrected chi connectivity index (χ2v) is 7.01. The first-order valence-corrected chi connectivity index (χ1v) is 10.4. The van der Waals surface area contributed by atoms with Gasteiger partial charge in [-0.25, -0.2) is 4.79 Å². The number of nitrogens with zero attached hydrogens (tertiary/aromatic N) is 2. The number of carbonyl (C=O) groups is 2. The number of rotatable bonds is 7. The number of guanidine groups is 1. The molecular weight excluding hydrogens is 394 g/mol. The number of carbonyl (C=O) groups excluding carboxylic acids is 2. The molecule has 1 saturated heterocycles. The molecule has 3 N–H and O–H groups in total. The Labute approximate surface area is 177 Å². The van der Waals surface area contributed by atoms with E-state index in [0.29, 0.717) is 49.3 Å². The van der Waals surface area contributed by atoms with Gasteiger partial charge in [0.25, 0.3) is 5.91 Å². The predicted molar refractivity (Wildman–Crippen MR) is 115 cm³/mol. The summed E-state index contributed by atoms with van der Waals surface area (Å²) in [5.41, 5.74) is 0.455. The topological polar surface area (TPSA) is 95.1 Å². The zero-order chi connectivity index (χ0) is 21.1. The highest BCUT2D eigenvalue weighted by Crippen LogP contribution is 2.14. The molecule has 0 radical (unpaired) electrons. The van der Waals surface area contributed by atoms with Crippen molar-refractivity contribution >= 4 is 29.6 Å². The lowest BCUT2D eigenvalue weighted by Gasteiger charge is -2.32. The van der Waals surface area contributed by atoms with E-state index in [1.54, 1.807) is 29.2 Å². The van der Waals surface area contributed by atoms with Gasteiger partial charge in [-0.3, -0.25) is 9.79 Å². The zero-order valence-electron chi connectivity index (χ0n) is 17.0. The molecule has 0 aromatic heterocycles. The molecule has 1 aromatic rings. The first-order chi connectivity index (χ1) is 14.0. The lowest BCUT2D eigenvalue weighted by Crippen LogP contribution is -2.50. The van der Waals surface area contributed by atoms with Gasteiger partial charge in [-0.15, -0.1) is 0 Å². The van der Waals surface area contributed by atoms with Gasteiger partial charge in [0.05, 0.1) is 23.7 Å². The maximum atomic E-state index is 12.2. The highest BCUT2D eigenvalue weighted by molar-refractivity contribution is 6.33. The molecule has 0 saturated carbocycles. The van der Waals surface area contributed by atoms with Gasteiger partial charge in [-0.2, -0.15) is 0 Å². The van der Waals surface area contributed by atoms with Gasteiger partial charge < -0.3 is 25.6 Å². The molecule has 9 heteroatoms. The zero-order valence-corrected chi connectivity index (χ0v) is 17.8. The normalized spacial score (nSPS) is 15.0. The molecule has 0 aliphatic carbocycles.